The minimum Gasteiger partial charge on any atom is -0.276 e. The van der Waals surface area contributed by atoms with Crippen LogP contribution in [0.1, 0.15) is 5.82 Å². The maximum Gasteiger partial charge on any atom is 0.501 e. The molecule has 10 heteroatoms. The van der Waals surface area contributed by atoms with Crippen LogP contribution in [0, 0.1) is 0 Å². The van der Waals surface area contributed by atoms with Crippen molar-refractivity contribution in [1.29, 1.82) is 0 Å². The molecule has 0 aliphatic rings. The van der Waals surface area contributed by atoms with Gasteiger partial charge in [0, 0.05) is 18.0 Å². The highest BCUT2D eigenvalue weighted by Gasteiger charge is 2.47. The van der Waals surface area contributed by atoms with Gasteiger partial charge < -0.3 is 0 Å². The second-order valence-corrected chi connectivity index (χ2v) is 6.88. The van der Waals surface area contributed by atoms with Crippen LogP contribution in [-0.2, 0) is 6.18 Å². The van der Waals surface area contributed by atoms with Crippen LogP contribution >= 0.6 is 0 Å². The van der Waals surface area contributed by atoms with Crippen molar-refractivity contribution in [3.05, 3.63) is 84.9 Å². The van der Waals surface area contributed by atoms with Crippen molar-refractivity contribution in [3.63, 3.8) is 0 Å². The zero-order valence-corrected chi connectivity index (χ0v) is 16.4. The molecule has 4 aromatic heterocycles. The molecule has 0 radical (unpaired) electrons. The van der Waals surface area contributed by atoms with Crippen LogP contribution in [0.25, 0.3) is 39.9 Å². The van der Waals surface area contributed by atoms with Crippen LogP contribution in [-0.4, -0.2) is 30.2 Å². The summed E-state index contributed by atoms with van der Waals surface area (Å²) in [6.45, 7) is 0. The van der Waals surface area contributed by atoms with Gasteiger partial charge >= 0.3 is 17.8 Å². The van der Waals surface area contributed by atoms with Gasteiger partial charge in [0.15, 0.2) is 5.69 Å². The number of aromatic nitrogens is 7. The lowest BCUT2D eigenvalue weighted by atomic mass is 10.1. The van der Waals surface area contributed by atoms with Crippen molar-refractivity contribution in [2.24, 2.45) is 0 Å². The maximum atomic E-state index is 13.7. The number of rotatable bonds is 4. The van der Waals surface area contributed by atoms with E-state index >= 15 is 0 Å². The van der Waals surface area contributed by atoms with E-state index in [1.165, 1.54) is 6.20 Å². The molecule has 0 unspecified atom stereocenters. The Kier molecular flexibility index (Phi) is 4.74. The number of nitrogens with zero attached hydrogens (tertiary/aromatic N) is 5. The minimum absolute atomic E-state index is 0.0144. The molecule has 5 rings (SSSR count). The van der Waals surface area contributed by atoms with Gasteiger partial charge in [0.25, 0.3) is 0 Å². The normalized spacial score (nSPS) is 11.6. The summed E-state index contributed by atoms with van der Waals surface area (Å²) in [7, 11) is 0. The van der Waals surface area contributed by atoms with Gasteiger partial charge in [-0.1, -0.05) is 24.3 Å². The third-order valence-electron chi connectivity index (χ3n) is 4.73. The number of aromatic amines is 2. The fourth-order valence-electron chi connectivity index (χ4n) is 3.26. The molecule has 0 amide bonds. The molecule has 1 aromatic carbocycles. The van der Waals surface area contributed by atoms with Crippen molar-refractivity contribution < 1.29 is 17.9 Å². The molecule has 7 nitrogen and oxygen atoms in total. The Morgan fingerprint density at radius 2 is 1.53 bits per heavy atom. The van der Waals surface area contributed by atoms with E-state index in [0.717, 1.165) is 4.68 Å². The van der Waals surface area contributed by atoms with Crippen molar-refractivity contribution in [3.8, 4) is 39.9 Å². The molecule has 2 N–H and O–H groups in total. The number of H-pyrrole nitrogens is 2. The van der Waals surface area contributed by atoms with Gasteiger partial charge in [0.1, 0.15) is 5.69 Å². The molecule has 5 aromatic rings. The lowest BCUT2D eigenvalue weighted by Gasteiger charge is -2.03. The summed E-state index contributed by atoms with van der Waals surface area (Å²) < 4.78 is 42.1. The lowest BCUT2D eigenvalue weighted by Crippen LogP contribution is -2.40. The number of nitrogens with one attached hydrogen (secondary N) is 2. The van der Waals surface area contributed by atoms with E-state index < -0.39 is 12.0 Å². The first-order valence-electron chi connectivity index (χ1n) is 9.57. The van der Waals surface area contributed by atoms with E-state index in [2.05, 4.69) is 30.2 Å². The Morgan fingerprint density at radius 3 is 2.22 bits per heavy atom. The molecule has 0 spiro atoms. The number of hydrogen-bond donors (Lipinski definition) is 2. The Bertz CT molecular complexity index is 1360. The van der Waals surface area contributed by atoms with E-state index in [4.69, 9.17) is 0 Å². The number of halogens is 3. The van der Waals surface area contributed by atoms with E-state index in [9.17, 15) is 13.2 Å². The average Bonchev–Trinajstić information content (AvgIpc) is 3.49. The highest BCUT2D eigenvalue weighted by Crippen LogP contribution is 2.28. The standard InChI is InChI=1S/C22H14F3N7/c23-22(24,25)21-28-20(17-9-2-4-11-27-17)31-32(21)15-7-5-6-14(12-15)18-13-19(30-29-18)16-8-1-3-10-26-16/h1-13H,(H,26,29,30)/p+1. The number of alkyl halides is 3. The van der Waals surface area contributed by atoms with Gasteiger partial charge in [-0.2, -0.15) is 23.4 Å². The van der Waals surface area contributed by atoms with Gasteiger partial charge in [-0.05, 0) is 47.4 Å². The first-order valence-corrected chi connectivity index (χ1v) is 9.57. The zero-order chi connectivity index (χ0) is 22.1. The number of pyridine rings is 2. The summed E-state index contributed by atoms with van der Waals surface area (Å²) in [5.41, 5.74) is 3.19. The van der Waals surface area contributed by atoms with Crippen LogP contribution in [0.2, 0.25) is 0 Å². The monoisotopic (exact) mass is 434 g/mol. The summed E-state index contributed by atoms with van der Waals surface area (Å²) in [6, 6.07) is 18.8. The predicted octanol–water partition coefficient (Wildman–Crippen LogP) is 4.22. The third kappa shape index (κ3) is 3.73. The molecule has 0 bridgehead atoms. The van der Waals surface area contributed by atoms with Crippen LogP contribution in [0.3, 0.4) is 0 Å². The second kappa shape index (κ2) is 7.73. The predicted molar refractivity (Wildman–Crippen MR) is 109 cm³/mol. The first-order chi connectivity index (χ1) is 15.5. The molecule has 4 heterocycles. The topological polar surface area (TPSA) is 87.0 Å². The van der Waals surface area contributed by atoms with Crippen LogP contribution in [0.4, 0.5) is 13.2 Å². The van der Waals surface area contributed by atoms with Crippen LogP contribution in [0.15, 0.2) is 79.1 Å². The molecular formula is C22H15F3N7+. The van der Waals surface area contributed by atoms with Gasteiger partial charge in [0.05, 0.1) is 17.1 Å². The Morgan fingerprint density at radius 1 is 0.781 bits per heavy atom. The van der Waals surface area contributed by atoms with Crippen molar-refractivity contribution in [2.45, 2.75) is 6.18 Å². The first kappa shape index (κ1) is 19.6. The van der Waals surface area contributed by atoms with Gasteiger partial charge in [-0.15, -0.1) is 4.68 Å². The summed E-state index contributed by atoms with van der Waals surface area (Å²) >= 11 is 0. The summed E-state index contributed by atoms with van der Waals surface area (Å²) in [4.78, 5) is 12.1. The average molecular weight is 434 g/mol. The van der Waals surface area contributed by atoms with E-state index in [1.807, 2.05) is 18.2 Å². The minimum atomic E-state index is -4.67. The molecule has 32 heavy (non-hydrogen) atoms. The van der Waals surface area contributed by atoms with Crippen molar-refractivity contribution in [1.82, 2.24) is 30.2 Å². The fraction of sp³-hybridized carbons (Fsp3) is 0.0455. The SMILES string of the molecule is FC(F)(F)c1nc(-c2ccccn2)[nH][n+]1-c1cccc(-c2cc(-c3ccccn3)[nH]n2)c1. The molecule has 0 fully saturated rings. The highest BCUT2D eigenvalue weighted by atomic mass is 19.4. The Labute approximate surface area is 179 Å². The number of benzene rings is 1. The van der Waals surface area contributed by atoms with E-state index in [-0.39, 0.29) is 11.5 Å². The highest BCUT2D eigenvalue weighted by molar-refractivity contribution is 5.67. The summed E-state index contributed by atoms with van der Waals surface area (Å²) in [6.07, 6.45) is -1.51. The molecule has 0 aliphatic heterocycles. The number of hydrogen-bond acceptors (Lipinski definition) is 4. The molecule has 0 saturated heterocycles. The summed E-state index contributed by atoms with van der Waals surface area (Å²) in [5, 5.41) is 9.92. The quantitative estimate of drug-likeness (QED) is 0.415. The largest absolute Gasteiger partial charge is 0.501 e. The lowest BCUT2D eigenvalue weighted by molar-refractivity contribution is -0.676. The van der Waals surface area contributed by atoms with Crippen LogP contribution in [0.5, 0.6) is 0 Å². The van der Waals surface area contributed by atoms with Crippen LogP contribution < -0.4 is 4.68 Å². The second-order valence-electron chi connectivity index (χ2n) is 6.88. The van der Waals surface area contributed by atoms with Gasteiger partial charge in [0.2, 0.25) is 0 Å². The fourth-order valence-corrected chi connectivity index (χ4v) is 3.26. The Balaban J connectivity index is 1.56. The molecule has 158 valence electrons. The van der Waals surface area contributed by atoms with E-state index in [0.29, 0.717) is 28.3 Å². The van der Waals surface area contributed by atoms with Crippen molar-refractivity contribution >= 4 is 0 Å². The van der Waals surface area contributed by atoms with Crippen molar-refractivity contribution in [2.75, 3.05) is 0 Å². The van der Waals surface area contributed by atoms with Gasteiger partial charge in [-0.25, -0.2) is 0 Å². The zero-order valence-electron chi connectivity index (χ0n) is 16.4. The third-order valence-corrected chi connectivity index (χ3v) is 4.73. The molecular weight excluding hydrogens is 419 g/mol. The molecule has 0 saturated carbocycles. The Hall–Kier alpha value is -4.34. The smallest absolute Gasteiger partial charge is 0.276 e. The maximum absolute atomic E-state index is 13.7. The molecule has 0 aliphatic carbocycles. The molecule has 0 atom stereocenters. The van der Waals surface area contributed by atoms with E-state index in [1.54, 1.807) is 54.7 Å². The van der Waals surface area contributed by atoms with Gasteiger partial charge in [-0.3, -0.25) is 15.1 Å². The summed E-state index contributed by atoms with van der Waals surface area (Å²) in [5.74, 6) is -1.06.